The number of nitrogens with one attached hydrogen (secondary N) is 2. The van der Waals surface area contributed by atoms with E-state index in [2.05, 4.69) is 10.6 Å². The molecular weight excluding hydrogens is 244 g/mol. The van der Waals surface area contributed by atoms with Crippen molar-refractivity contribution in [3.63, 3.8) is 0 Å². The van der Waals surface area contributed by atoms with E-state index in [9.17, 15) is 9.59 Å². The van der Waals surface area contributed by atoms with Crippen LogP contribution >= 0.6 is 0 Å². The number of urea groups is 1. The summed E-state index contributed by atoms with van der Waals surface area (Å²) in [5, 5.41) is 5.21. The normalized spacial score (nSPS) is 11.5. The summed E-state index contributed by atoms with van der Waals surface area (Å²) in [6.45, 7) is 5.79. The summed E-state index contributed by atoms with van der Waals surface area (Å²) in [7, 11) is 0. The predicted molar refractivity (Wildman–Crippen MR) is 72.8 cm³/mol. The van der Waals surface area contributed by atoms with Crippen LogP contribution in [0.2, 0.25) is 0 Å². The molecule has 2 N–H and O–H groups in total. The lowest BCUT2D eigenvalue weighted by atomic mass is 10.1. The Bertz CT molecular complexity index is 429. The van der Waals surface area contributed by atoms with E-state index in [1.165, 1.54) is 5.56 Å². The molecule has 1 rings (SSSR count). The van der Waals surface area contributed by atoms with E-state index in [1.54, 1.807) is 6.92 Å². The predicted octanol–water partition coefficient (Wildman–Crippen LogP) is 1.92. The molecular formula is C14H20N2O3. The SMILES string of the molecule is CCOC(=O)CNC(=O)N[C@H](C)c1ccc(C)cc1. The Morgan fingerprint density at radius 1 is 1.26 bits per heavy atom. The fourth-order valence-electron chi connectivity index (χ4n) is 1.55. The third-order valence-corrected chi connectivity index (χ3v) is 2.62. The van der Waals surface area contributed by atoms with E-state index in [0.29, 0.717) is 6.61 Å². The van der Waals surface area contributed by atoms with E-state index in [1.807, 2.05) is 38.1 Å². The smallest absolute Gasteiger partial charge is 0.325 e. The molecule has 0 bridgehead atoms. The summed E-state index contributed by atoms with van der Waals surface area (Å²) in [6.07, 6.45) is 0. The molecule has 0 unspecified atom stereocenters. The Kier molecular flexibility index (Phi) is 5.85. The van der Waals surface area contributed by atoms with Crippen LogP contribution in [0.15, 0.2) is 24.3 Å². The number of ether oxygens (including phenoxy) is 1. The number of amides is 2. The molecule has 0 spiro atoms. The first-order valence-electron chi connectivity index (χ1n) is 6.29. The van der Waals surface area contributed by atoms with Crippen LogP contribution in [0.3, 0.4) is 0 Å². The van der Waals surface area contributed by atoms with E-state index < -0.39 is 5.97 Å². The van der Waals surface area contributed by atoms with Gasteiger partial charge in [0.1, 0.15) is 6.54 Å². The van der Waals surface area contributed by atoms with Crippen LogP contribution in [0.1, 0.15) is 31.0 Å². The monoisotopic (exact) mass is 264 g/mol. The van der Waals surface area contributed by atoms with Gasteiger partial charge in [-0.25, -0.2) is 4.79 Å². The van der Waals surface area contributed by atoms with Gasteiger partial charge in [-0.1, -0.05) is 29.8 Å². The van der Waals surface area contributed by atoms with E-state index in [0.717, 1.165) is 5.56 Å². The molecule has 5 heteroatoms. The number of hydrogen-bond donors (Lipinski definition) is 2. The van der Waals surface area contributed by atoms with E-state index >= 15 is 0 Å². The first-order valence-corrected chi connectivity index (χ1v) is 6.29. The second-order valence-corrected chi connectivity index (χ2v) is 4.26. The van der Waals surface area contributed by atoms with Gasteiger partial charge in [0.15, 0.2) is 0 Å². The maximum atomic E-state index is 11.6. The topological polar surface area (TPSA) is 67.4 Å². The van der Waals surface area contributed by atoms with Crippen molar-refractivity contribution < 1.29 is 14.3 Å². The molecule has 0 heterocycles. The summed E-state index contributed by atoms with van der Waals surface area (Å²) >= 11 is 0. The lowest BCUT2D eigenvalue weighted by Gasteiger charge is -2.15. The molecule has 0 saturated carbocycles. The Morgan fingerprint density at radius 2 is 1.89 bits per heavy atom. The lowest BCUT2D eigenvalue weighted by Crippen LogP contribution is -2.40. The molecule has 1 aromatic rings. The van der Waals surface area contributed by atoms with Crippen LogP contribution in [0.25, 0.3) is 0 Å². The Morgan fingerprint density at radius 3 is 2.47 bits per heavy atom. The van der Waals surface area contributed by atoms with Crippen molar-refractivity contribution in [1.82, 2.24) is 10.6 Å². The zero-order valence-electron chi connectivity index (χ0n) is 11.5. The van der Waals surface area contributed by atoms with Crippen LogP contribution in [-0.2, 0) is 9.53 Å². The Hall–Kier alpha value is -2.04. The summed E-state index contributed by atoms with van der Waals surface area (Å²) in [6, 6.07) is 7.40. The first kappa shape index (κ1) is 15.0. The minimum atomic E-state index is -0.444. The second kappa shape index (κ2) is 7.41. The summed E-state index contributed by atoms with van der Waals surface area (Å²) in [5.41, 5.74) is 2.18. The number of hydrogen-bond acceptors (Lipinski definition) is 3. The number of esters is 1. The molecule has 0 fully saturated rings. The molecule has 0 radical (unpaired) electrons. The summed E-state index contributed by atoms with van der Waals surface area (Å²) in [4.78, 5) is 22.6. The minimum Gasteiger partial charge on any atom is -0.465 e. The van der Waals surface area contributed by atoms with Crippen LogP contribution in [0.5, 0.6) is 0 Å². The van der Waals surface area contributed by atoms with Gasteiger partial charge in [-0.05, 0) is 26.3 Å². The number of carbonyl (C=O) groups excluding carboxylic acids is 2. The van der Waals surface area contributed by atoms with Crippen LogP contribution in [0.4, 0.5) is 4.79 Å². The van der Waals surface area contributed by atoms with Crippen LogP contribution in [-0.4, -0.2) is 25.2 Å². The van der Waals surface area contributed by atoms with Crippen molar-refractivity contribution in [2.45, 2.75) is 26.8 Å². The Balaban J connectivity index is 2.39. The number of aryl methyl sites for hydroxylation is 1. The number of carbonyl (C=O) groups is 2. The zero-order valence-corrected chi connectivity index (χ0v) is 11.5. The molecule has 19 heavy (non-hydrogen) atoms. The third-order valence-electron chi connectivity index (χ3n) is 2.62. The van der Waals surface area contributed by atoms with Crippen molar-refractivity contribution in [1.29, 1.82) is 0 Å². The van der Waals surface area contributed by atoms with Crippen LogP contribution < -0.4 is 10.6 Å². The number of benzene rings is 1. The fourth-order valence-corrected chi connectivity index (χ4v) is 1.55. The van der Waals surface area contributed by atoms with Crippen molar-refractivity contribution in [3.8, 4) is 0 Å². The fraction of sp³-hybridized carbons (Fsp3) is 0.429. The van der Waals surface area contributed by atoms with E-state index in [4.69, 9.17) is 4.74 Å². The van der Waals surface area contributed by atoms with Gasteiger partial charge in [0.2, 0.25) is 0 Å². The molecule has 2 amide bonds. The molecule has 1 aromatic carbocycles. The van der Waals surface area contributed by atoms with Gasteiger partial charge in [0.05, 0.1) is 12.6 Å². The first-order chi connectivity index (χ1) is 9.02. The highest BCUT2D eigenvalue weighted by Gasteiger charge is 2.10. The zero-order chi connectivity index (χ0) is 14.3. The maximum absolute atomic E-state index is 11.6. The van der Waals surface area contributed by atoms with Gasteiger partial charge in [-0.15, -0.1) is 0 Å². The molecule has 0 aliphatic carbocycles. The highest BCUT2D eigenvalue weighted by atomic mass is 16.5. The number of rotatable bonds is 5. The largest absolute Gasteiger partial charge is 0.465 e. The van der Waals surface area contributed by atoms with Gasteiger partial charge in [-0.3, -0.25) is 4.79 Å². The van der Waals surface area contributed by atoms with E-state index in [-0.39, 0.29) is 18.6 Å². The molecule has 0 aliphatic rings. The molecule has 5 nitrogen and oxygen atoms in total. The molecule has 1 atom stereocenters. The van der Waals surface area contributed by atoms with Crippen molar-refractivity contribution in [2.24, 2.45) is 0 Å². The molecule has 0 aliphatic heterocycles. The minimum absolute atomic E-state index is 0.122. The third kappa shape index (κ3) is 5.42. The summed E-state index contributed by atoms with van der Waals surface area (Å²) in [5.74, 6) is -0.444. The molecule has 104 valence electrons. The standard InChI is InChI=1S/C14H20N2O3/c1-4-19-13(17)9-15-14(18)16-11(3)12-7-5-10(2)6-8-12/h5-8,11H,4,9H2,1-3H3,(H2,15,16,18)/t11-/m1/s1. The average Bonchev–Trinajstić information content (AvgIpc) is 2.37. The van der Waals surface area contributed by atoms with Crippen molar-refractivity contribution >= 4 is 12.0 Å². The quantitative estimate of drug-likeness (QED) is 0.798. The molecule has 0 aromatic heterocycles. The second-order valence-electron chi connectivity index (χ2n) is 4.26. The van der Waals surface area contributed by atoms with Crippen LogP contribution in [0, 0.1) is 6.92 Å². The van der Waals surface area contributed by atoms with Gasteiger partial charge < -0.3 is 15.4 Å². The maximum Gasteiger partial charge on any atom is 0.325 e. The van der Waals surface area contributed by atoms with Crippen molar-refractivity contribution in [2.75, 3.05) is 13.2 Å². The van der Waals surface area contributed by atoms with Gasteiger partial charge in [0, 0.05) is 0 Å². The van der Waals surface area contributed by atoms with Gasteiger partial charge in [-0.2, -0.15) is 0 Å². The lowest BCUT2D eigenvalue weighted by molar-refractivity contribution is -0.141. The van der Waals surface area contributed by atoms with Gasteiger partial charge >= 0.3 is 12.0 Å². The highest BCUT2D eigenvalue weighted by Crippen LogP contribution is 2.12. The Labute approximate surface area is 113 Å². The van der Waals surface area contributed by atoms with Gasteiger partial charge in [0.25, 0.3) is 0 Å². The summed E-state index contributed by atoms with van der Waals surface area (Å²) < 4.78 is 4.71. The highest BCUT2D eigenvalue weighted by molar-refractivity contribution is 5.80. The molecule has 0 saturated heterocycles. The van der Waals surface area contributed by atoms with Crippen molar-refractivity contribution in [3.05, 3.63) is 35.4 Å². The average molecular weight is 264 g/mol.